The van der Waals surface area contributed by atoms with Gasteiger partial charge < -0.3 is 9.84 Å². The van der Waals surface area contributed by atoms with Crippen LogP contribution in [0.25, 0.3) is 0 Å². The Labute approximate surface area is 78.9 Å². The second-order valence-electron chi connectivity index (χ2n) is 2.47. The molecule has 0 unspecified atom stereocenters. The largest absolute Gasteiger partial charge is 0.490 e. The maximum absolute atomic E-state index is 13.0. The third-order valence-electron chi connectivity index (χ3n) is 1.56. The Hall–Kier alpha value is -1.65. The molecule has 0 atom stereocenters. The van der Waals surface area contributed by atoms with E-state index in [9.17, 15) is 13.6 Å². The summed E-state index contributed by atoms with van der Waals surface area (Å²) in [7, 11) is 0. The molecule has 76 valence electrons. The van der Waals surface area contributed by atoms with Gasteiger partial charge in [0, 0.05) is 0 Å². The summed E-state index contributed by atoms with van der Waals surface area (Å²) < 4.78 is 30.7. The van der Waals surface area contributed by atoms with Gasteiger partial charge in [0.1, 0.15) is 11.4 Å². The maximum atomic E-state index is 13.0. The number of carboxylic acid groups (broad SMARTS) is 1. The van der Waals surface area contributed by atoms with E-state index < -0.39 is 28.9 Å². The fourth-order valence-electron chi connectivity index (χ4n) is 1.02. The van der Waals surface area contributed by atoms with E-state index >= 15 is 0 Å². The van der Waals surface area contributed by atoms with E-state index in [1.165, 1.54) is 0 Å². The van der Waals surface area contributed by atoms with Gasteiger partial charge in [-0.1, -0.05) is 0 Å². The van der Waals surface area contributed by atoms with E-state index in [4.69, 9.17) is 9.84 Å². The minimum atomic E-state index is -1.55. The second kappa shape index (κ2) is 4.04. The predicted octanol–water partition coefficient (Wildman–Crippen LogP) is 2.06. The molecule has 0 heterocycles. The Morgan fingerprint density at radius 3 is 2.50 bits per heavy atom. The van der Waals surface area contributed by atoms with E-state index in [2.05, 4.69) is 0 Å². The normalized spacial score (nSPS) is 9.93. The van der Waals surface area contributed by atoms with E-state index in [0.717, 1.165) is 12.1 Å². The van der Waals surface area contributed by atoms with Crippen molar-refractivity contribution in [1.29, 1.82) is 0 Å². The Morgan fingerprint density at radius 1 is 1.43 bits per heavy atom. The van der Waals surface area contributed by atoms with Crippen LogP contribution in [-0.4, -0.2) is 17.7 Å². The van der Waals surface area contributed by atoms with Gasteiger partial charge in [-0.15, -0.1) is 0 Å². The van der Waals surface area contributed by atoms with Gasteiger partial charge in [-0.3, -0.25) is 0 Å². The molecule has 1 aromatic carbocycles. The predicted molar refractivity (Wildman–Crippen MR) is 44.5 cm³/mol. The van der Waals surface area contributed by atoms with Crippen LogP contribution < -0.4 is 4.74 Å². The minimum absolute atomic E-state index is 0.0701. The molecule has 3 nitrogen and oxygen atoms in total. The van der Waals surface area contributed by atoms with Crippen LogP contribution in [0, 0.1) is 11.6 Å². The van der Waals surface area contributed by atoms with Gasteiger partial charge in [0.2, 0.25) is 0 Å². The van der Waals surface area contributed by atoms with Gasteiger partial charge in [0.05, 0.1) is 6.61 Å². The molecule has 0 radical (unpaired) electrons. The molecule has 0 aliphatic carbocycles. The Kier molecular flexibility index (Phi) is 3.01. The van der Waals surface area contributed by atoms with Crippen LogP contribution in [0.3, 0.4) is 0 Å². The first-order valence-electron chi connectivity index (χ1n) is 3.92. The molecule has 0 saturated heterocycles. The number of halogens is 2. The summed E-state index contributed by atoms with van der Waals surface area (Å²) in [5.74, 6) is -4.00. The quantitative estimate of drug-likeness (QED) is 0.815. The van der Waals surface area contributed by atoms with Gasteiger partial charge in [-0.2, -0.15) is 0 Å². The Bertz CT molecular complexity index is 363. The molecule has 0 aliphatic heterocycles. The fourth-order valence-corrected chi connectivity index (χ4v) is 1.02. The summed E-state index contributed by atoms with van der Waals surface area (Å²) in [4.78, 5) is 10.6. The summed E-state index contributed by atoms with van der Waals surface area (Å²) in [6.07, 6.45) is 0. The number of rotatable bonds is 3. The van der Waals surface area contributed by atoms with E-state index in [0.29, 0.717) is 0 Å². The standard InChI is InChI=1S/C9H8F2O3/c1-2-14-8-6(11)4-3-5(10)7(8)9(12)13/h3-4H,2H2,1H3,(H,12,13). The molecule has 0 spiro atoms. The zero-order valence-electron chi connectivity index (χ0n) is 7.38. The summed E-state index contributed by atoms with van der Waals surface area (Å²) in [5, 5.41) is 8.61. The zero-order valence-corrected chi connectivity index (χ0v) is 7.38. The highest BCUT2D eigenvalue weighted by Gasteiger charge is 2.20. The lowest BCUT2D eigenvalue weighted by atomic mass is 10.2. The first kappa shape index (κ1) is 10.4. The molecular formula is C9H8F2O3. The third kappa shape index (κ3) is 1.81. The molecule has 0 bridgehead atoms. The SMILES string of the molecule is CCOc1c(F)ccc(F)c1C(=O)O. The highest BCUT2D eigenvalue weighted by atomic mass is 19.1. The molecule has 0 aliphatic rings. The van der Waals surface area contributed by atoms with E-state index in [-0.39, 0.29) is 6.61 Å². The topological polar surface area (TPSA) is 46.5 Å². The summed E-state index contributed by atoms with van der Waals surface area (Å²) in [6.45, 7) is 1.62. The van der Waals surface area contributed by atoms with Crippen LogP contribution >= 0.6 is 0 Å². The number of benzene rings is 1. The summed E-state index contributed by atoms with van der Waals surface area (Å²) in [5.41, 5.74) is -0.771. The van der Waals surface area contributed by atoms with Crippen molar-refractivity contribution in [2.45, 2.75) is 6.92 Å². The first-order valence-corrected chi connectivity index (χ1v) is 3.92. The lowest BCUT2D eigenvalue weighted by Crippen LogP contribution is -2.07. The number of carbonyl (C=O) groups is 1. The second-order valence-corrected chi connectivity index (χ2v) is 2.47. The molecule has 0 amide bonds. The van der Waals surface area contributed by atoms with Crippen LogP contribution in [0.15, 0.2) is 12.1 Å². The molecular weight excluding hydrogens is 194 g/mol. The average Bonchev–Trinajstić information content (AvgIpc) is 2.11. The zero-order chi connectivity index (χ0) is 10.7. The van der Waals surface area contributed by atoms with E-state index in [1.54, 1.807) is 6.92 Å². The van der Waals surface area contributed by atoms with Crippen molar-refractivity contribution in [1.82, 2.24) is 0 Å². The first-order chi connectivity index (χ1) is 6.57. The highest BCUT2D eigenvalue weighted by molar-refractivity contribution is 5.91. The van der Waals surface area contributed by atoms with Gasteiger partial charge >= 0.3 is 5.97 Å². The van der Waals surface area contributed by atoms with Gasteiger partial charge in [0.25, 0.3) is 0 Å². The number of carboxylic acids is 1. The molecule has 1 aromatic rings. The van der Waals surface area contributed by atoms with Crippen molar-refractivity contribution in [3.05, 3.63) is 29.3 Å². The van der Waals surface area contributed by atoms with Crippen molar-refractivity contribution in [3.63, 3.8) is 0 Å². The molecule has 1 rings (SSSR count). The molecule has 5 heteroatoms. The van der Waals surface area contributed by atoms with Gasteiger partial charge in [-0.25, -0.2) is 13.6 Å². The molecule has 0 fully saturated rings. The maximum Gasteiger partial charge on any atom is 0.342 e. The third-order valence-corrected chi connectivity index (χ3v) is 1.56. The smallest absolute Gasteiger partial charge is 0.342 e. The molecule has 0 aromatic heterocycles. The van der Waals surface area contributed by atoms with Gasteiger partial charge in [-0.05, 0) is 19.1 Å². The minimum Gasteiger partial charge on any atom is -0.490 e. The highest BCUT2D eigenvalue weighted by Crippen LogP contribution is 2.25. The summed E-state index contributed by atoms with van der Waals surface area (Å²) >= 11 is 0. The van der Waals surface area contributed by atoms with E-state index in [1.807, 2.05) is 0 Å². The molecule has 14 heavy (non-hydrogen) atoms. The van der Waals surface area contributed by atoms with Crippen molar-refractivity contribution >= 4 is 5.97 Å². The monoisotopic (exact) mass is 202 g/mol. The van der Waals surface area contributed by atoms with Crippen LogP contribution in [0.4, 0.5) is 8.78 Å². The van der Waals surface area contributed by atoms with Gasteiger partial charge in [0.15, 0.2) is 11.6 Å². The Morgan fingerprint density at radius 2 is 2.00 bits per heavy atom. The number of hydrogen-bond donors (Lipinski definition) is 1. The van der Waals surface area contributed by atoms with Crippen molar-refractivity contribution < 1.29 is 23.4 Å². The van der Waals surface area contributed by atoms with Crippen LogP contribution in [0.1, 0.15) is 17.3 Å². The number of aromatic carboxylic acids is 1. The molecule has 0 saturated carbocycles. The van der Waals surface area contributed by atoms with Crippen molar-refractivity contribution in [3.8, 4) is 5.75 Å². The van der Waals surface area contributed by atoms with Crippen LogP contribution in [0.5, 0.6) is 5.75 Å². The van der Waals surface area contributed by atoms with Crippen molar-refractivity contribution in [2.75, 3.05) is 6.61 Å². The Balaban J connectivity index is 3.33. The fraction of sp³-hybridized carbons (Fsp3) is 0.222. The number of ether oxygens (including phenoxy) is 1. The molecule has 1 N–H and O–H groups in total. The number of hydrogen-bond acceptors (Lipinski definition) is 2. The summed E-state index contributed by atoms with van der Waals surface area (Å²) in [6, 6.07) is 1.58. The van der Waals surface area contributed by atoms with Crippen LogP contribution in [-0.2, 0) is 0 Å². The lowest BCUT2D eigenvalue weighted by Gasteiger charge is -2.08. The van der Waals surface area contributed by atoms with Crippen molar-refractivity contribution in [2.24, 2.45) is 0 Å². The lowest BCUT2D eigenvalue weighted by molar-refractivity contribution is 0.0686. The average molecular weight is 202 g/mol. The van der Waals surface area contributed by atoms with Crippen LogP contribution in [0.2, 0.25) is 0 Å².